The monoisotopic (exact) mass is 301 g/mol. The molecule has 120 valence electrons. The number of benzene rings is 1. The standard InChI is InChI=1S/C18H27N3O/c1-13-5-7-14(8-6-13)20(3)18(22)21(4)17-11-15-9-10-16(12-17)19(15)2/h5-8,15-17H,9-12H2,1-4H3. The first-order chi connectivity index (χ1) is 10.5. The number of carbonyl (C=O) groups is 1. The Morgan fingerprint density at radius 1 is 1.09 bits per heavy atom. The van der Waals surface area contributed by atoms with Gasteiger partial charge in [0.1, 0.15) is 0 Å². The molecule has 0 spiro atoms. The smallest absolute Gasteiger partial charge is 0.324 e. The highest BCUT2D eigenvalue weighted by Crippen LogP contribution is 2.36. The molecule has 2 unspecified atom stereocenters. The van der Waals surface area contributed by atoms with Gasteiger partial charge in [-0.3, -0.25) is 4.90 Å². The second kappa shape index (κ2) is 5.92. The summed E-state index contributed by atoms with van der Waals surface area (Å²) in [6, 6.07) is 9.90. The van der Waals surface area contributed by atoms with Crippen molar-refractivity contribution in [3.63, 3.8) is 0 Å². The number of hydrogen-bond acceptors (Lipinski definition) is 2. The highest BCUT2D eigenvalue weighted by Gasteiger charge is 2.41. The maximum atomic E-state index is 12.8. The molecule has 2 heterocycles. The second-order valence-corrected chi connectivity index (χ2v) is 6.96. The largest absolute Gasteiger partial charge is 0.324 e. The maximum absolute atomic E-state index is 12.8. The molecule has 2 amide bonds. The summed E-state index contributed by atoms with van der Waals surface area (Å²) in [6.45, 7) is 2.06. The lowest BCUT2D eigenvalue weighted by molar-refractivity contribution is 0.104. The zero-order valence-corrected chi connectivity index (χ0v) is 14.1. The number of nitrogens with zero attached hydrogens (tertiary/aromatic N) is 3. The third kappa shape index (κ3) is 2.72. The van der Waals surface area contributed by atoms with E-state index in [2.05, 4.69) is 31.0 Å². The second-order valence-electron chi connectivity index (χ2n) is 6.96. The summed E-state index contributed by atoms with van der Waals surface area (Å²) in [4.78, 5) is 19.0. The molecule has 0 radical (unpaired) electrons. The van der Waals surface area contributed by atoms with E-state index in [1.807, 2.05) is 31.1 Å². The Balaban J connectivity index is 1.68. The van der Waals surface area contributed by atoms with Crippen molar-refractivity contribution in [3.8, 4) is 0 Å². The van der Waals surface area contributed by atoms with E-state index in [0.29, 0.717) is 18.1 Å². The highest BCUT2D eigenvalue weighted by molar-refractivity contribution is 5.91. The number of carbonyl (C=O) groups excluding carboxylic acids is 1. The van der Waals surface area contributed by atoms with Crippen molar-refractivity contribution in [1.82, 2.24) is 9.80 Å². The SMILES string of the molecule is Cc1ccc(N(C)C(=O)N(C)C2CC3CCC(C2)N3C)cc1. The average Bonchev–Trinajstić information content (AvgIpc) is 2.75. The first kappa shape index (κ1) is 15.3. The van der Waals surface area contributed by atoms with Gasteiger partial charge in [0.25, 0.3) is 0 Å². The molecule has 2 fully saturated rings. The fourth-order valence-corrected chi connectivity index (χ4v) is 3.97. The molecule has 4 heteroatoms. The summed E-state index contributed by atoms with van der Waals surface area (Å²) >= 11 is 0. The van der Waals surface area contributed by atoms with Crippen molar-refractivity contribution in [2.75, 3.05) is 26.0 Å². The van der Waals surface area contributed by atoms with Crippen molar-refractivity contribution in [2.45, 2.75) is 50.7 Å². The Morgan fingerprint density at radius 3 is 2.18 bits per heavy atom. The van der Waals surface area contributed by atoms with Crippen LogP contribution in [0, 0.1) is 6.92 Å². The van der Waals surface area contributed by atoms with Crippen molar-refractivity contribution in [3.05, 3.63) is 29.8 Å². The van der Waals surface area contributed by atoms with Crippen LogP contribution in [0.15, 0.2) is 24.3 Å². The molecule has 2 aliphatic rings. The lowest BCUT2D eigenvalue weighted by atomic mass is 9.97. The molecule has 0 N–H and O–H groups in total. The molecule has 22 heavy (non-hydrogen) atoms. The molecule has 2 bridgehead atoms. The predicted octanol–water partition coefficient (Wildman–Crippen LogP) is 3.11. The minimum absolute atomic E-state index is 0.0952. The Kier molecular flexibility index (Phi) is 4.13. The van der Waals surface area contributed by atoms with Gasteiger partial charge in [-0.05, 0) is 51.8 Å². The highest BCUT2D eigenvalue weighted by atomic mass is 16.2. The lowest BCUT2D eigenvalue weighted by Crippen LogP contribution is -2.52. The van der Waals surface area contributed by atoms with Crippen molar-refractivity contribution < 1.29 is 4.79 Å². The minimum Gasteiger partial charge on any atom is -0.324 e. The average molecular weight is 301 g/mol. The number of fused-ring (bicyclic) bond motifs is 2. The van der Waals surface area contributed by atoms with Gasteiger partial charge in [0.05, 0.1) is 0 Å². The van der Waals surface area contributed by atoms with E-state index in [1.165, 1.54) is 18.4 Å². The fraction of sp³-hybridized carbons (Fsp3) is 0.611. The van der Waals surface area contributed by atoms with Crippen LogP contribution in [0.2, 0.25) is 0 Å². The summed E-state index contributed by atoms with van der Waals surface area (Å²) in [7, 11) is 6.06. The number of hydrogen-bond donors (Lipinski definition) is 0. The molecule has 2 aliphatic heterocycles. The van der Waals surface area contributed by atoms with Gasteiger partial charge < -0.3 is 9.80 Å². The van der Waals surface area contributed by atoms with E-state index >= 15 is 0 Å². The number of anilines is 1. The topological polar surface area (TPSA) is 26.8 Å². The predicted molar refractivity (Wildman–Crippen MR) is 90.3 cm³/mol. The van der Waals surface area contributed by atoms with Crippen LogP contribution in [0.25, 0.3) is 0 Å². The molecular weight excluding hydrogens is 274 g/mol. The normalized spacial score (nSPS) is 27.7. The van der Waals surface area contributed by atoms with E-state index < -0.39 is 0 Å². The molecule has 3 rings (SSSR count). The number of rotatable bonds is 2. The summed E-state index contributed by atoms with van der Waals surface area (Å²) < 4.78 is 0. The van der Waals surface area contributed by atoms with Crippen LogP contribution in [-0.4, -0.2) is 55.1 Å². The van der Waals surface area contributed by atoms with E-state index in [0.717, 1.165) is 18.5 Å². The Morgan fingerprint density at radius 2 is 1.64 bits per heavy atom. The van der Waals surface area contributed by atoms with E-state index in [4.69, 9.17) is 0 Å². The number of amides is 2. The van der Waals surface area contributed by atoms with Crippen LogP contribution in [0.4, 0.5) is 10.5 Å². The summed E-state index contributed by atoms with van der Waals surface area (Å²) in [5.41, 5.74) is 2.17. The van der Waals surface area contributed by atoms with Gasteiger partial charge in [0.15, 0.2) is 0 Å². The molecule has 0 aliphatic carbocycles. The maximum Gasteiger partial charge on any atom is 0.324 e. The van der Waals surface area contributed by atoms with Gasteiger partial charge in [-0.2, -0.15) is 0 Å². The molecule has 4 nitrogen and oxygen atoms in total. The van der Waals surface area contributed by atoms with Crippen LogP contribution in [0.1, 0.15) is 31.2 Å². The zero-order valence-electron chi connectivity index (χ0n) is 14.1. The molecular formula is C18H27N3O. The first-order valence-corrected chi connectivity index (χ1v) is 8.26. The van der Waals surface area contributed by atoms with Crippen LogP contribution in [0.5, 0.6) is 0 Å². The van der Waals surface area contributed by atoms with Gasteiger partial charge in [0.2, 0.25) is 0 Å². The number of aryl methyl sites for hydroxylation is 1. The molecule has 2 atom stereocenters. The Bertz CT molecular complexity index is 528. The van der Waals surface area contributed by atoms with E-state index in [9.17, 15) is 4.79 Å². The van der Waals surface area contributed by atoms with Gasteiger partial charge in [-0.15, -0.1) is 0 Å². The summed E-state index contributed by atoms with van der Waals surface area (Å²) in [6.07, 6.45) is 4.79. The lowest BCUT2D eigenvalue weighted by Gasteiger charge is -2.41. The van der Waals surface area contributed by atoms with Crippen LogP contribution < -0.4 is 4.90 Å². The summed E-state index contributed by atoms with van der Waals surface area (Å²) in [5.74, 6) is 0. The van der Waals surface area contributed by atoms with Crippen LogP contribution in [-0.2, 0) is 0 Å². The van der Waals surface area contributed by atoms with Gasteiger partial charge in [-0.1, -0.05) is 17.7 Å². The van der Waals surface area contributed by atoms with Crippen LogP contribution >= 0.6 is 0 Å². The number of piperidine rings is 1. The third-order valence-corrected chi connectivity index (χ3v) is 5.63. The number of urea groups is 1. The molecule has 0 aromatic heterocycles. The summed E-state index contributed by atoms with van der Waals surface area (Å²) in [5, 5.41) is 0. The van der Waals surface area contributed by atoms with Gasteiger partial charge in [-0.25, -0.2) is 4.79 Å². The fourth-order valence-electron chi connectivity index (χ4n) is 3.97. The van der Waals surface area contributed by atoms with Gasteiger partial charge in [0, 0.05) is 37.9 Å². The third-order valence-electron chi connectivity index (χ3n) is 5.63. The molecule has 2 saturated heterocycles. The van der Waals surface area contributed by atoms with Crippen molar-refractivity contribution >= 4 is 11.7 Å². The van der Waals surface area contributed by atoms with Gasteiger partial charge >= 0.3 is 6.03 Å². The Labute approximate surface area is 133 Å². The van der Waals surface area contributed by atoms with Crippen LogP contribution in [0.3, 0.4) is 0 Å². The van der Waals surface area contributed by atoms with E-state index in [-0.39, 0.29) is 6.03 Å². The Hall–Kier alpha value is -1.55. The van der Waals surface area contributed by atoms with Crippen molar-refractivity contribution in [2.24, 2.45) is 0 Å². The minimum atomic E-state index is 0.0952. The molecule has 1 aromatic carbocycles. The van der Waals surface area contributed by atoms with E-state index in [1.54, 1.807) is 4.90 Å². The zero-order chi connectivity index (χ0) is 15.9. The van der Waals surface area contributed by atoms with Crippen molar-refractivity contribution in [1.29, 1.82) is 0 Å². The quantitative estimate of drug-likeness (QED) is 0.839. The molecule has 0 saturated carbocycles. The molecule has 1 aromatic rings. The first-order valence-electron chi connectivity index (χ1n) is 8.26.